The topological polar surface area (TPSA) is 64.3 Å². The maximum Gasteiger partial charge on any atom is 0.249 e. The van der Waals surface area contributed by atoms with Crippen molar-refractivity contribution < 1.29 is 9.63 Å². The second-order valence-electron chi connectivity index (χ2n) is 5.96. The predicted molar refractivity (Wildman–Crippen MR) is 59.1 cm³/mol. The SMILES string of the molecule is CONC(=O)C12CC3CC(C1)C(N)C(C3)C2. The molecule has 4 heteroatoms. The molecule has 4 rings (SSSR count). The Labute approximate surface area is 95.9 Å². The summed E-state index contributed by atoms with van der Waals surface area (Å²) >= 11 is 0. The molecule has 4 aliphatic rings. The van der Waals surface area contributed by atoms with Gasteiger partial charge in [-0.2, -0.15) is 0 Å². The Kier molecular flexibility index (Phi) is 2.27. The molecule has 0 radical (unpaired) electrons. The van der Waals surface area contributed by atoms with Gasteiger partial charge in [0.15, 0.2) is 0 Å². The lowest BCUT2D eigenvalue weighted by molar-refractivity contribution is -0.158. The smallest absolute Gasteiger partial charge is 0.249 e. The van der Waals surface area contributed by atoms with Gasteiger partial charge < -0.3 is 5.73 Å². The summed E-state index contributed by atoms with van der Waals surface area (Å²) in [7, 11) is 1.50. The van der Waals surface area contributed by atoms with Crippen LogP contribution in [0.15, 0.2) is 0 Å². The highest BCUT2D eigenvalue weighted by Gasteiger charge is 2.57. The van der Waals surface area contributed by atoms with Crippen molar-refractivity contribution in [1.29, 1.82) is 0 Å². The molecule has 0 heterocycles. The lowest BCUT2D eigenvalue weighted by Crippen LogP contribution is -2.60. The first kappa shape index (κ1) is 10.5. The number of carbonyl (C=O) groups excluding carboxylic acids is 1. The first-order valence-electron chi connectivity index (χ1n) is 6.23. The fourth-order valence-electron chi connectivity index (χ4n) is 4.54. The molecule has 1 amide bonds. The highest BCUT2D eigenvalue weighted by Crippen LogP contribution is 2.59. The molecular formula is C12H20N2O2. The molecule has 4 bridgehead atoms. The number of amides is 1. The molecule has 16 heavy (non-hydrogen) atoms. The average molecular weight is 224 g/mol. The summed E-state index contributed by atoms with van der Waals surface area (Å²) in [5.74, 6) is 1.93. The van der Waals surface area contributed by atoms with E-state index in [4.69, 9.17) is 10.6 Å². The standard InChI is InChI=1S/C12H20N2O2/c1-16-14-11(15)12-4-7-2-8(5-12)10(13)9(3-7)6-12/h7-10H,2-6,13H2,1H3,(H,14,15). The minimum Gasteiger partial charge on any atom is -0.327 e. The number of rotatable bonds is 2. The molecule has 0 aromatic rings. The second-order valence-corrected chi connectivity index (χ2v) is 5.96. The number of carbonyl (C=O) groups is 1. The average Bonchev–Trinajstić information content (AvgIpc) is 2.25. The van der Waals surface area contributed by atoms with Crippen molar-refractivity contribution in [1.82, 2.24) is 5.48 Å². The van der Waals surface area contributed by atoms with Crippen LogP contribution in [0.4, 0.5) is 0 Å². The van der Waals surface area contributed by atoms with Gasteiger partial charge in [-0.15, -0.1) is 0 Å². The van der Waals surface area contributed by atoms with Crippen LogP contribution in [0.2, 0.25) is 0 Å². The lowest BCUT2D eigenvalue weighted by atomic mass is 9.48. The lowest BCUT2D eigenvalue weighted by Gasteiger charge is -2.58. The molecule has 0 aliphatic heterocycles. The Bertz CT molecular complexity index is 302. The monoisotopic (exact) mass is 224 g/mol. The maximum absolute atomic E-state index is 12.1. The molecule has 4 fully saturated rings. The van der Waals surface area contributed by atoms with Gasteiger partial charge in [0.25, 0.3) is 0 Å². The van der Waals surface area contributed by atoms with E-state index in [0.29, 0.717) is 17.9 Å². The molecule has 0 aromatic carbocycles. The fourth-order valence-corrected chi connectivity index (χ4v) is 4.54. The molecule has 0 aromatic heterocycles. The van der Waals surface area contributed by atoms with Crippen molar-refractivity contribution in [2.24, 2.45) is 28.9 Å². The van der Waals surface area contributed by atoms with Crippen LogP contribution in [-0.2, 0) is 9.63 Å². The summed E-state index contributed by atoms with van der Waals surface area (Å²) in [5, 5.41) is 0. The van der Waals surface area contributed by atoms with E-state index in [1.54, 1.807) is 0 Å². The van der Waals surface area contributed by atoms with Gasteiger partial charge in [-0.1, -0.05) is 0 Å². The van der Waals surface area contributed by atoms with Crippen LogP contribution in [0.3, 0.4) is 0 Å². The first-order chi connectivity index (χ1) is 7.64. The summed E-state index contributed by atoms with van der Waals surface area (Å²) < 4.78 is 0. The van der Waals surface area contributed by atoms with Gasteiger partial charge in [-0.3, -0.25) is 9.63 Å². The zero-order valence-electron chi connectivity index (χ0n) is 9.74. The Morgan fingerprint density at radius 2 is 1.94 bits per heavy atom. The molecule has 90 valence electrons. The Balaban J connectivity index is 1.85. The van der Waals surface area contributed by atoms with E-state index in [1.165, 1.54) is 20.0 Å². The van der Waals surface area contributed by atoms with Crippen LogP contribution in [0.25, 0.3) is 0 Å². The summed E-state index contributed by atoms with van der Waals surface area (Å²) in [6, 6.07) is 0.333. The van der Waals surface area contributed by atoms with Crippen molar-refractivity contribution in [2.75, 3.05) is 7.11 Å². The van der Waals surface area contributed by atoms with Gasteiger partial charge >= 0.3 is 0 Å². The molecule has 4 aliphatic carbocycles. The van der Waals surface area contributed by atoms with E-state index in [2.05, 4.69) is 5.48 Å². The van der Waals surface area contributed by atoms with Crippen molar-refractivity contribution in [3.8, 4) is 0 Å². The molecule has 4 nitrogen and oxygen atoms in total. The Morgan fingerprint density at radius 1 is 1.31 bits per heavy atom. The third-order valence-electron chi connectivity index (χ3n) is 5.02. The van der Waals surface area contributed by atoms with E-state index in [-0.39, 0.29) is 11.3 Å². The Morgan fingerprint density at radius 3 is 2.50 bits per heavy atom. The summed E-state index contributed by atoms with van der Waals surface area (Å²) in [6.45, 7) is 0. The van der Waals surface area contributed by atoms with Crippen LogP contribution < -0.4 is 11.2 Å². The van der Waals surface area contributed by atoms with Gasteiger partial charge in [0.1, 0.15) is 0 Å². The second kappa shape index (κ2) is 3.44. The van der Waals surface area contributed by atoms with Crippen LogP contribution in [0.1, 0.15) is 32.1 Å². The molecule has 4 saturated carbocycles. The van der Waals surface area contributed by atoms with Crippen LogP contribution >= 0.6 is 0 Å². The number of hydroxylamine groups is 1. The number of nitrogens with one attached hydrogen (secondary N) is 1. The number of hydrogen-bond acceptors (Lipinski definition) is 3. The van der Waals surface area contributed by atoms with Crippen LogP contribution in [0.5, 0.6) is 0 Å². The highest BCUT2D eigenvalue weighted by atomic mass is 16.6. The van der Waals surface area contributed by atoms with Gasteiger partial charge in [0.2, 0.25) is 5.91 Å². The maximum atomic E-state index is 12.1. The van der Waals surface area contributed by atoms with E-state index < -0.39 is 0 Å². The van der Waals surface area contributed by atoms with Gasteiger partial charge in [0.05, 0.1) is 12.5 Å². The largest absolute Gasteiger partial charge is 0.327 e. The third-order valence-corrected chi connectivity index (χ3v) is 5.02. The molecule has 2 unspecified atom stereocenters. The quantitative estimate of drug-likeness (QED) is 0.682. The Hall–Kier alpha value is -0.610. The molecule has 3 N–H and O–H groups in total. The van der Waals surface area contributed by atoms with E-state index in [9.17, 15) is 4.79 Å². The first-order valence-corrected chi connectivity index (χ1v) is 6.23. The summed E-state index contributed by atoms with van der Waals surface area (Å²) in [4.78, 5) is 16.9. The zero-order valence-corrected chi connectivity index (χ0v) is 9.74. The van der Waals surface area contributed by atoms with Crippen molar-refractivity contribution in [2.45, 2.75) is 38.1 Å². The van der Waals surface area contributed by atoms with Crippen LogP contribution in [-0.4, -0.2) is 19.1 Å². The summed E-state index contributed by atoms with van der Waals surface area (Å²) in [5.41, 5.74) is 8.61. The normalized spacial score (nSPS) is 49.4. The van der Waals surface area contributed by atoms with Crippen molar-refractivity contribution in [3.05, 3.63) is 0 Å². The van der Waals surface area contributed by atoms with Gasteiger partial charge in [-0.25, -0.2) is 5.48 Å². The molecule has 2 atom stereocenters. The van der Waals surface area contributed by atoms with E-state index in [1.807, 2.05) is 0 Å². The minimum atomic E-state index is -0.164. The van der Waals surface area contributed by atoms with Gasteiger partial charge in [-0.05, 0) is 49.9 Å². The molecule has 0 spiro atoms. The molecular weight excluding hydrogens is 204 g/mol. The van der Waals surface area contributed by atoms with E-state index in [0.717, 1.165) is 25.2 Å². The van der Waals surface area contributed by atoms with E-state index >= 15 is 0 Å². The van der Waals surface area contributed by atoms with Gasteiger partial charge in [0, 0.05) is 6.04 Å². The number of nitrogens with two attached hydrogens (primary N) is 1. The summed E-state index contributed by atoms with van der Waals surface area (Å²) in [6.07, 6.45) is 5.45. The third kappa shape index (κ3) is 1.32. The fraction of sp³-hybridized carbons (Fsp3) is 0.917. The molecule has 0 saturated heterocycles. The number of hydrogen-bond donors (Lipinski definition) is 2. The van der Waals surface area contributed by atoms with Crippen molar-refractivity contribution in [3.63, 3.8) is 0 Å². The highest BCUT2D eigenvalue weighted by molar-refractivity contribution is 5.82. The zero-order chi connectivity index (χ0) is 11.3. The minimum absolute atomic E-state index is 0.0845. The predicted octanol–water partition coefficient (Wildman–Crippen LogP) is 0.818. The van der Waals surface area contributed by atoms with Crippen LogP contribution in [0, 0.1) is 23.2 Å². The van der Waals surface area contributed by atoms with Crippen molar-refractivity contribution >= 4 is 5.91 Å².